The number of phenolic OH excluding ortho intramolecular Hbond substituents is 1. The summed E-state index contributed by atoms with van der Waals surface area (Å²) in [7, 11) is 0. The van der Waals surface area contributed by atoms with Gasteiger partial charge in [0.25, 0.3) is 6.43 Å². The van der Waals surface area contributed by atoms with Gasteiger partial charge in [-0.1, -0.05) is 25.1 Å². The second kappa shape index (κ2) is 8.00. The highest BCUT2D eigenvalue weighted by atomic mass is 19.3. The SMILES string of the molecule is CCC(NCCOCC(F)F)c1ccccc1O. The Morgan fingerprint density at radius 2 is 2.06 bits per heavy atom. The van der Waals surface area contributed by atoms with Gasteiger partial charge in [-0.05, 0) is 12.5 Å². The topological polar surface area (TPSA) is 41.5 Å². The third-order valence-electron chi connectivity index (χ3n) is 2.60. The molecule has 0 bridgehead atoms. The van der Waals surface area contributed by atoms with Gasteiger partial charge in [0.05, 0.1) is 6.61 Å². The zero-order chi connectivity index (χ0) is 13.4. The van der Waals surface area contributed by atoms with Crippen LogP contribution in [-0.2, 0) is 4.74 Å². The van der Waals surface area contributed by atoms with Crippen LogP contribution in [0.1, 0.15) is 24.9 Å². The highest BCUT2D eigenvalue weighted by Crippen LogP contribution is 2.25. The van der Waals surface area contributed by atoms with Crippen molar-refractivity contribution in [2.24, 2.45) is 0 Å². The minimum Gasteiger partial charge on any atom is -0.508 e. The predicted octanol–water partition coefficient (Wildman–Crippen LogP) is 2.71. The largest absolute Gasteiger partial charge is 0.508 e. The fourth-order valence-electron chi connectivity index (χ4n) is 1.73. The molecule has 0 spiro atoms. The van der Waals surface area contributed by atoms with Crippen molar-refractivity contribution in [1.29, 1.82) is 0 Å². The molecule has 102 valence electrons. The van der Waals surface area contributed by atoms with E-state index < -0.39 is 13.0 Å². The van der Waals surface area contributed by atoms with Crippen LogP contribution in [0.4, 0.5) is 8.78 Å². The molecule has 0 aliphatic carbocycles. The smallest absolute Gasteiger partial charge is 0.261 e. The summed E-state index contributed by atoms with van der Waals surface area (Å²) in [5.41, 5.74) is 0.814. The summed E-state index contributed by atoms with van der Waals surface area (Å²) in [5.74, 6) is 0.241. The summed E-state index contributed by atoms with van der Waals surface area (Å²) in [6, 6.07) is 7.09. The Bertz CT molecular complexity index is 348. The number of hydrogen-bond acceptors (Lipinski definition) is 3. The number of aromatic hydroxyl groups is 1. The van der Waals surface area contributed by atoms with Gasteiger partial charge in [0.1, 0.15) is 12.4 Å². The highest BCUT2D eigenvalue weighted by molar-refractivity contribution is 5.34. The molecule has 0 saturated heterocycles. The number of phenols is 1. The van der Waals surface area contributed by atoms with Gasteiger partial charge in [0.15, 0.2) is 0 Å². The highest BCUT2D eigenvalue weighted by Gasteiger charge is 2.12. The standard InChI is InChI=1S/C13H19F2NO2/c1-2-11(10-5-3-4-6-12(10)17)16-7-8-18-9-13(14)15/h3-6,11,13,16-17H,2,7-9H2,1H3. The molecule has 1 aromatic carbocycles. The average molecular weight is 259 g/mol. The number of para-hydroxylation sites is 1. The fraction of sp³-hybridized carbons (Fsp3) is 0.538. The van der Waals surface area contributed by atoms with Crippen LogP contribution in [0, 0.1) is 0 Å². The first-order valence-corrected chi connectivity index (χ1v) is 6.02. The molecule has 1 aromatic rings. The van der Waals surface area contributed by atoms with E-state index in [1.807, 2.05) is 19.1 Å². The Morgan fingerprint density at radius 1 is 1.33 bits per heavy atom. The quantitative estimate of drug-likeness (QED) is 0.705. The van der Waals surface area contributed by atoms with Crippen molar-refractivity contribution in [3.05, 3.63) is 29.8 Å². The summed E-state index contributed by atoms with van der Waals surface area (Å²) in [6.07, 6.45) is -1.63. The van der Waals surface area contributed by atoms with E-state index in [1.54, 1.807) is 12.1 Å². The predicted molar refractivity (Wildman–Crippen MR) is 66.0 cm³/mol. The minimum absolute atomic E-state index is 0.00125. The molecule has 0 aromatic heterocycles. The van der Waals surface area contributed by atoms with Gasteiger partial charge in [-0.3, -0.25) is 0 Å². The van der Waals surface area contributed by atoms with Gasteiger partial charge in [-0.25, -0.2) is 8.78 Å². The average Bonchev–Trinajstić information content (AvgIpc) is 2.35. The lowest BCUT2D eigenvalue weighted by molar-refractivity contribution is 0.0181. The first kappa shape index (κ1) is 14.9. The number of alkyl halides is 2. The Hall–Kier alpha value is -1.20. The van der Waals surface area contributed by atoms with Crippen molar-refractivity contribution in [3.63, 3.8) is 0 Å². The van der Waals surface area contributed by atoms with Gasteiger partial charge in [-0.15, -0.1) is 0 Å². The zero-order valence-corrected chi connectivity index (χ0v) is 10.4. The van der Waals surface area contributed by atoms with Crippen LogP contribution >= 0.6 is 0 Å². The summed E-state index contributed by atoms with van der Waals surface area (Å²) in [6.45, 7) is 2.16. The summed E-state index contributed by atoms with van der Waals surface area (Å²) in [5, 5.41) is 12.9. The summed E-state index contributed by atoms with van der Waals surface area (Å²) < 4.78 is 28.4. The number of ether oxygens (including phenoxy) is 1. The van der Waals surface area contributed by atoms with E-state index in [0.29, 0.717) is 6.54 Å². The second-order valence-corrected chi connectivity index (χ2v) is 3.94. The van der Waals surface area contributed by atoms with E-state index in [-0.39, 0.29) is 18.4 Å². The molecule has 0 amide bonds. The van der Waals surface area contributed by atoms with Crippen LogP contribution in [0.5, 0.6) is 5.75 Å². The van der Waals surface area contributed by atoms with Crippen LogP contribution in [0.3, 0.4) is 0 Å². The molecule has 1 unspecified atom stereocenters. The maximum atomic E-state index is 11.8. The van der Waals surface area contributed by atoms with Crippen LogP contribution in [0.2, 0.25) is 0 Å². The third kappa shape index (κ3) is 4.98. The van der Waals surface area contributed by atoms with E-state index in [9.17, 15) is 13.9 Å². The lowest BCUT2D eigenvalue weighted by Crippen LogP contribution is -2.25. The molecule has 2 N–H and O–H groups in total. The van der Waals surface area contributed by atoms with Crippen LogP contribution in [0.25, 0.3) is 0 Å². The van der Waals surface area contributed by atoms with Crippen molar-refractivity contribution in [3.8, 4) is 5.75 Å². The molecule has 0 fully saturated rings. The van der Waals surface area contributed by atoms with Crippen molar-refractivity contribution in [1.82, 2.24) is 5.32 Å². The molecular weight excluding hydrogens is 240 g/mol. The molecule has 18 heavy (non-hydrogen) atoms. The molecule has 0 heterocycles. The number of hydrogen-bond donors (Lipinski definition) is 2. The molecule has 5 heteroatoms. The van der Waals surface area contributed by atoms with E-state index in [2.05, 4.69) is 5.32 Å². The molecular formula is C13H19F2NO2. The number of halogens is 2. The van der Waals surface area contributed by atoms with Gasteiger partial charge >= 0.3 is 0 Å². The number of benzene rings is 1. The molecule has 3 nitrogen and oxygen atoms in total. The minimum atomic E-state index is -2.43. The van der Waals surface area contributed by atoms with E-state index >= 15 is 0 Å². The van der Waals surface area contributed by atoms with Crippen LogP contribution in [0.15, 0.2) is 24.3 Å². The Labute approximate surface area is 106 Å². The molecule has 1 rings (SSSR count). The van der Waals surface area contributed by atoms with E-state index in [0.717, 1.165) is 12.0 Å². The second-order valence-electron chi connectivity index (χ2n) is 3.94. The molecule has 0 aliphatic rings. The monoisotopic (exact) mass is 259 g/mol. The van der Waals surface area contributed by atoms with E-state index in [4.69, 9.17) is 4.74 Å². The molecule has 0 radical (unpaired) electrons. The lowest BCUT2D eigenvalue weighted by atomic mass is 10.0. The zero-order valence-electron chi connectivity index (χ0n) is 10.4. The maximum Gasteiger partial charge on any atom is 0.261 e. The fourth-order valence-corrected chi connectivity index (χ4v) is 1.73. The van der Waals surface area contributed by atoms with Gasteiger partial charge in [0, 0.05) is 18.2 Å². The maximum absolute atomic E-state index is 11.8. The lowest BCUT2D eigenvalue weighted by Gasteiger charge is -2.18. The number of nitrogens with one attached hydrogen (secondary N) is 1. The Kier molecular flexibility index (Phi) is 6.60. The van der Waals surface area contributed by atoms with E-state index in [1.165, 1.54) is 0 Å². The summed E-state index contributed by atoms with van der Waals surface area (Å²) >= 11 is 0. The van der Waals surface area contributed by atoms with Gasteiger partial charge < -0.3 is 15.2 Å². The van der Waals surface area contributed by atoms with Crippen molar-refractivity contribution >= 4 is 0 Å². The molecule has 0 aliphatic heterocycles. The Balaban J connectivity index is 2.36. The van der Waals surface area contributed by atoms with Crippen LogP contribution < -0.4 is 5.32 Å². The molecule has 1 atom stereocenters. The van der Waals surface area contributed by atoms with Crippen LogP contribution in [-0.4, -0.2) is 31.3 Å². The third-order valence-corrected chi connectivity index (χ3v) is 2.60. The Morgan fingerprint density at radius 3 is 2.67 bits per heavy atom. The number of rotatable bonds is 8. The molecule has 0 saturated carbocycles. The first-order valence-electron chi connectivity index (χ1n) is 6.02. The van der Waals surface area contributed by atoms with Crippen molar-refractivity contribution < 1.29 is 18.6 Å². The van der Waals surface area contributed by atoms with Gasteiger partial charge in [0.2, 0.25) is 0 Å². The van der Waals surface area contributed by atoms with Gasteiger partial charge in [-0.2, -0.15) is 0 Å². The normalized spacial score (nSPS) is 12.9. The van der Waals surface area contributed by atoms with Crippen molar-refractivity contribution in [2.75, 3.05) is 19.8 Å². The summed E-state index contributed by atoms with van der Waals surface area (Å²) in [4.78, 5) is 0. The first-order chi connectivity index (χ1) is 8.65. The van der Waals surface area contributed by atoms with Crippen molar-refractivity contribution in [2.45, 2.75) is 25.8 Å².